The molecule has 3 atom stereocenters. The van der Waals surface area contributed by atoms with Gasteiger partial charge in [0.1, 0.15) is 6.17 Å². The highest BCUT2D eigenvalue weighted by Gasteiger charge is 2.29. The molecule has 1 aromatic rings. The highest BCUT2D eigenvalue weighted by atomic mass is 19.1. The summed E-state index contributed by atoms with van der Waals surface area (Å²) in [4.78, 5) is 4.62. The van der Waals surface area contributed by atoms with Crippen molar-refractivity contribution in [1.82, 2.24) is 5.32 Å². The molecule has 0 spiro atoms. The van der Waals surface area contributed by atoms with Crippen LogP contribution in [0.15, 0.2) is 35.1 Å². The second-order valence-corrected chi connectivity index (χ2v) is 9.37. The molecule has 1 heterocycles. The molecule has 0 saturated carbocycles. The summed E-state index contributed by atoms with van der Waals surface area (Å²) in [6.07, 6.45) is 6.13. The van der Waals surface area contributed by atoms with Gasteiger partial charge in [0.25, 0.3) is 0 Å². The number of nitrogens with one attached hydrogen (secondary N) is 2. The Morgan fingerprint density at radius 1 is 1.36 bits per heavy atom. The number of aryl methyl sites for hydroxylation is 2. The maximum Gasteiger partial charge on any atom is 0.115 e. The Hall–Kier alpha value is -2.58. The third-order valence-corrected chi connectivity index (χ3v) is 6.80. The summed E-state index contributed by atoms with van der Waals surface area (Å²) < 4.78 is 14.6. The summed E-state index contributed by atoms with van der Waals surface area (Å²) in [7, 11) is 6.05. The number of halogens is 1. The second kappa shape index (κ2) is 11.0. The molecular formula is C28H39FN4. The lowest BCUT2D eigenvalue weighted by atomic mass is 9.82. The van der Waals surface area contributed by atoms with Gasteiger partial charge in [-0.1, -0.05) is 30.9 Å². The van der Waals surface area contributed by atoms with Crippen LogP contribution in [0.5, 0.6) is 0 Å². The molecule has 2 N–H and O–H groups in total. The van der Waals surface area contributed by atoms with Crippen LogP contribution < -0.4 is 15.1 Å². The number of benzene rings is 1. The Bertz CT molecular complexity index is 993. The second-order valence-electron chi connectivity index (χ2n) is 9.37. The van der Waals surface area contributed by atoms with E-state index in [9.17, 15) is 4.39 Å². The molecular weight excluding hydrogens is 411 g/mol. The summed E-state index contributed by atoms with van der Waals surface area (Å²) in [6, 6.07) is 4.63. The van der Waals surface area contributed by atoms with E-state index in [4.69, 9.17) is 5.41 Å². The lowest BCUT2D eigenvalue weighted by Crippen LogP contribution is -2.32. The zero-order valence-corrected chi connectivity index (χ0v) is 21.1. The summed E-state index contributed by atoms with van der Waals surface area (Å²) in [5.74, 6) is 5.90. The summed E-state index contributed by atoms with van der Waals surface area (Å²) in [6.45, 7) is 7.53. The van der Waals surface area contributed by atoms with Crippen molar-refractivity contribution >= 4 is 17.6 Å². The predicted molar refractivity (Wildman–Crippen MR) is 139 cm³/mol. The largest absolute Gasteiger partial charge is 0.377 e. The Morgan fingerprint density at radius 3 is 2.73 bits per heavy atom. The van der Waals surface area contributed by atoms with Crippen LogP contribution in [0.4, 0.5) is 15.8 Å². The summed E-state index contributed by atoms with van der Waals surface area (Å²) in [5.41, 5.74) is 8.50. The monoisotopic (exact) mass is 450 g/mol. The van der Waals surface area contributed by atoms with Gasteiger partial charge in [0.2, 0.25) is 0 Å². The first-order valence-corrected chi connectivity index (χ1v) is 12.1. The lowest BCUT2D eigenvalue weighted by molar-refractivity contribution is 0.309. The van der Waals surface area contributed by atoms with Crippen molar-refractivity contribution in [3.63, 3.8) is 0 Å². The van der Waals surface area contributed by atoms with Gasteiger partial charge in [-0.2, -0.15) is 0 Å². The smallest absolute Gasteiger partial charge is 0.115 e. The van der Waals surface area contributed by atoms with Crippen molar-refractivity contribution in [1.29, 1.82) is 5.41 Å². The van der Waals surface area contributed by atoms with E-state index in [0.29, 0.717) is 13.0 Å². The fourth-order valence-corrected chi connectivity index (χ4v) is 5.10. The van der Waals surface area contributed by atoms with Crippen LogP contribution in [-0.4, -0.2) is 46.6 Å². The van der Waals surface area contributed by atoms with Gasteiger partial charge in [-0.15, -0.1) is 0 Å². The number of alkyl halides is 1. The Balaban J connectivity index is 2.17. The SMILES string of the molecule is CCc1cc(C)c(N(C)C)cc1N1CCCC2=C1CC#CC(C(C)F)/C(C(C=N)CNC)=C\2. The zero-order valence-electron chi connectivity index (χ0n) is 21.1. The number of anilines is 2. The van der Waals surface area contributed by atoms with Crippen molar-refractivity contribution in [2.45, 2.75) is 52.6 Å². The minimum absolute atomic E-state index is 0.166. The van der Waals surface area contributed by atoms with Crippen molar-refractivity contribution < 1.29 is 4.39 Å². The normalized spacial score (nSPS) is 21.6. The maximum atomic E-state index is 14.6. The molecule has 2 aliphatic rings. The van der Waals surface area contributed by atoms with Crippen LogP contribution in [0.25, 0.3) is 0 Å². The fourth-order valence-electron chi connectivity index (χ4n) is 5.10. The lowest BCUT2D eigenvalue weighted by Gasteiger charge is -2.36. The predicted octanol–water partition coefficient (Wildman–Crippen LogP) is 5.27. The molecule has 4 nitrogen and oxygen atoms in total. The molecule has 5 heteroatoms. The van der Waals surface area contributed by atoms with Crippen LogP contribution in [0.3, 0.4) is 0 Å². The van der Waals surface area contributed by atoms with Crippen LogP contribution in [0, 0.1) is 36.0 Å². The maximum absolute atomic E-state index is 14.6. The van der Waals surface area contributed by atoms with Gasteiger partial charge in [0, 0.05) is 62.8 Å². The summed E-state index contributed by atoms with van der Waals surface area (Å²) >= 11 is 0. The fraction of sp³-hybridized carbons (Fsp3) is 0.536. The topological polar surface area (TPSA) is 42.4 Å². The van der Waals surface area contributed by atoms with Gasteiger partial charge < -0.3 is 20.5 Å². The molecule has 0 radical (unpaired) electrons. The van der Waals surface area contributed by atoms with Crippen LogP contribution in [-0.2, 0) is 6.42 Å². The van der Waals surface area contributed by atoms with Crippen LogP contribution in [0.2, 0.25) is 0 Å². The van der Waals surface area contributed by atoms with E-state index < -0.39 is 12.1 Å². The van der Waals surface area contributed by atoms with E-state index in [-0.39, 0.29) is 5.92 Å². The molecule has 0 fully saturated rings. The average molecular weight is 451 g/mol. The molecule has 1 aliphatic carbocycles. The highest BCUT2D eigenvalue weighted by molar-refractivity contribution is 5.70. The van der Waals surface area contributed by atoms with E-state index in [1.807, 2.05) is 7.05 Å². The van der Waals surface area contributed by atoms with Crippen molar-refractivity contribution in [2.24, 2.45) is 11.8 Å². The number of hydrogen-bond acceptors (Lipinski definition) is 4. The number of rotatable bonds is 8. The number of hydrogen-bond donors (Lipinski definition) is 2. The Morgan fingerprint density at radius 2 is 2.12 bits per heavy atom. The molecule has 1 aromatic carbocycles. The van der Waals surface area contributed by atoms with Crippen molar-refractivity contribution in [3.8, 4) is 11.8 Å². The standard InChI is InChI=1S/C28H39FN4/c1-7-21-14-19(2)27(32(5)6)16-28(21)33-13-9-10-22-15-25(23(17-30)18-31-4)24(20(3)29)11-8-12-26(22)33/h14-17,20,23-24,30-31H,7,9-10,12-13,18H2,1-6H3/b25-15-,30-17?. The van der Waals surface area contributed by atoms with Gasteiger partial charge >= 0.3 is 0 Å². The first kappa shape index (κ1) is 25.1. The Labute approximate surface area is 199 Å². The molecule has 0 saturated heterocycles. The van der Waals surface area contributed by atoms with Gasteiger partial charge in [-0.25, -0.2) is 4.39 Å². The zero-order chi connectivity index (χ0) is 24.1. The van der Waals surface area contributed by atoms with E-state index >= 15 is 0 Å². The highest BCUT2D eigenvalue weighted by Crippen LogP contribution is 2.38. The molecule has 3 rings (SSSR count). The Kier molecular flexibility index (Phi) is 8.37. The molecule has 178 valence electrons. The van der Waals surface area contributed by atoms with Gasteiger partial charge in [-0.05, 0) is 68.5 Å². The van der Waals surface area contributed by atoms with Gasteiger partial charge in [0.05, 0.1) is 5.92 Å². The number of allylic oxidation sites excluding steroid dienone is 3. The van der Waals surface area contributed by atoms with Crippen molar-refractivity contribution in [2.75, 3.05) is 44.0 Å². The minimum Gasteiger partial charge on any atom is -0.377 e. The van der Waals surface area contributed by atoms with Gasteiger partial charge in [-0.3, -0.25) is 0 Å². The molecule has 33 heavy (non-hydrogen) atoms. The van der Waals surface area contributed by atoms with E-state index in [1.165, 1.54) is 40.0 Å². The quantitative estimate of drug-likeness (QED) is 0.419. The third kappa shape index (κ3) is 5.33. The summed E-state index contributed by atoms with van der Waals surface area (Å²) in [5, 5.41) is 11.2. The van der Waals surface area contributed by atoms with Gasteiger partial charge in [0.15, 0.2) is 0 Å². The molecule has 0 bridgehead atoms. The molecule has 1 aliphatic heterocycles. The first-order valence-electron chi connectivity index (χ1n) is 12.1. The molecule has 0 aromatic heterocycles. The van der Waals surface area contributed by atoms with Crippen LogP contribution >= 0.6 is 0 Å². The minimum atomic E-state index is -1.07. The van der Waals surface area contributed by atoms with E-state index in [1.54, 1.807) is 6.92 Å². The first-order chi connectivity index (χ1) is 15.8. The van der Waals surface area contributed by atoms with Crippen LogP contribution in [0.1, 0.15) is 44.2 Å². The number of nitrogens with zero attached hydrogens (tertiary/aromatic N) is 2. The molecule has 0 amide bonds. The third-order valence-electron chi connectivity index (χ3n) is 6.80. The van der Waals surface area contributed by atoms with E-state index in [0.717, 1.165) is 31.4 Å². The molecule has 3 unspecified atom stereocenters. The average Bonchev–Trinajstić information content (AvgIpc) is 2.77. The van der Waals surface area contributed by atoms with Crippen molar-refractivity contribution in [3.05, 3.63) is 46.2 Å². The van der Waals surface area contributed by atoms with E-state index in [2.05, 4.69) is 73.1 Å².